The highest BCUT2D eigenvalue weighted by atomic mass is 35.5. The van der Waals surface area contributed by atoms with Gasteiger partial charge in [-0.05, 0) is 55.7 Å². The van der Waals surface area contributed by atoms with Crippen LogP contribution in [0.1, 0.15) is 28.8 Å². The van der Waals surface area contributed by atoms with Gasteiger partial charge in [-0.15, -0.1) is 0 Å². The van der Waals surface area contributed by atoms with Crippen molar-refractivity contribution in [3.05, 3.63) is 52.5 Å². The van der Waals surface area contributed by atoms with Crippen LogP contribution in [-0.2, 0) is 14.8 Å². The molecule has 9 heteroatoms. The summed E-state index contributed by atoms with van der Waals surface area (Å²) in [6.07, 6.45) is 1.56. The van der Waals surface area contributed by atoms with Crippen molar-refractivity contribution in [2.45, 2.75) is 30.8 Å². The fourth-order valence-corrected chi connectivity index (χ4v) is 4.64. The lowest BCUT2D eigenvalue weighted by Crippen LogP contribution is -2.32. The fourth-order valence-electron chi connectivity index (χ4n) is 3.05. The summed E-state index contributed by atoms with van der Waals surface area (Å²) >= 11 is 6.11. The van der Waals surface area contributed by atoms with Crippen LogP contribution in [0.5, 0.6) is 5.75 Å². The van der Waals surface area contributed by atoms with Crippen LogP contribution in [-0.4, -0.2) is 40.7 Å². The third kappa shape index (κ3) is 5.27. The summed E-state index contributed by atoms with van der Waals surface area (Å²) in [6.45, 7) is 2.68. The Labute approximate surface area is 175 Å². The largest absolute Gasteiger partial charge is 0.495 e. The summed E-state index contributed by atoms with van der Waals surface area (Å²) in [5.41, 5.74) is 1.60. The number of halogens is 1. The number of hydrogen-bond donors (Lipinski definition) is 2. The number of amides is 1. The third-order valence-corrected chi connectivity index (χ3v) is 6.52. The minimum atomic E-state index is -3.89. The van der Waals surface area contributed by atoms with Gasteiger partial charge in [-0.3, -0.25) is 4.79 Å². The third-order valence-electron chi connectivity index (χ3n) is 4.61. The minimum Gasteiger partial charge on any atom is -0.495 e. The predicted molar refractivity (Wildman–Crippen MR) is 111 cm³/mol. The molecule has 0 radical (unpaired) electrons. The molecule has 0 spiro atoms. The summed E-state index contributed by atoms with van der Waals surface area (Å²) in [4.78, 5) is 12.6. The van der Waals surface area contributed by atoms with Crippen LogP contribution in [0.25, 0.3) is 0 Å². The van der Waals surface area contributed by atoms with E-state index in [0.29, 0.717) is 18.0 Å². The highest BCUT2D eigenvalue weighted by Crippen LogP contribution is 2.27. The average molecular weight is 439 g/mol. The first-order chi connectivity index (χ1) is 13.8. The molecule has 156 valence electrons. The van der Waals surface area contributed by atoms with Crippen molar-refractivity contribution in [1.29, 1.82) is 0 Å². The van der Waals surface area contributed by atoms with E-state index in [-0.39, 0.29) is 28.1 Å². The average Bonchev–Trinajstić information content (AvgIpc) is 3.20. The summed E-state index contributed by atoms with van der Waals surface area (Å²) in [7, 11) is -2.39. The topological polar surface area (TPSA) is 93.7 Å². The summed E-state index contributed by atoms with van der Waals surface area (Å²) in [5, 5.41) is 2.79. The summed E-state index contributed by atoms with van der Waals surface area (Å²) in [5.74, 6) is 0.0325. The Hall–Kier alpha value is -2.13. The molecule has 1 aliphatic rings. The molecule has 0 saturated carbocycles. The van der Waals surface area contributed by atoms with Crippen LogP contribution in [0.2, 0.25) is 5.02 Å². The van der Waals surface area contributed by atoms with E-state index in [1.165, 1.54) is 25.3 Å². The van der Waals surface area contributed by atoms with Gasteiger partial charge in [-0.2, -0.15) is 0 Å². The van der Waals surface area contributed by atoms with Gasteiger partial charge in [0.25, 0.3) is 5.91 Å². The Bertz CT molecular complexity index is 1000. The number of benzene rings is 2. The highest BCUT2D eigenvalue weighted by Gasteiger charge is 2.23. The van der Waals surface area contributed by atoms with Crippen molar-refractivity contribution in [1.82, 2.24) is 4.72 Å². The van der Waals surface area contributed by atoms with Gasteiger partial charge in [0.2, 0.25) is 10.0 Å². The number of carbonyl (C=O) groups is 1. The van der Waals surface area contributed by atoms with Gasteiger partial charge in [0.1, 0.15) is 10.6 Å². The van der Waals surface area contributed by atoms with Crippen molar-refractivity contribution in [3.8, 4) is 5.75 Å². The van der Waals surface area contributed by atoms with Crippen molar-refractivity contribution in [3.63, 3.8) is 0 Å². The van der Waals surface area contributed by atoms with E-state index < -0.39 is 15.9 Å². The number of anilines is 1. The number of ether oxygens (including phenoxy) is 2. The first kappa shape index (κ1) is 21.6. The normalized spacial score (nSPS) is 16.6. The molecule has 7 nitrogen and oxygen atoms in total. The number of rotatable bonds is 7. The van der Waals surface area contributed by atoms with E-state index in [9.17, 15) is 13.2 Å². The lowest BCUT2D eigenvalue weighted by atomic mass is 10.1. The zero-order chi connectivity index (χ0) is 21.0. The van der Waals surface area contributed by atoms with Gasteiger partial charge in [0, 0.05) is 18.7 Å². The van der Waals surface area contributed by atoms with Crippen molar-refractivity contribution in [2.75, 3.05) is 25.6 Å². The Morgan fingerprint density at radius 1 is 1.28 bits per heavy atom. The van der Waals surface area contributed by atoms with E-state index in [1.807, 2.05) is 13.0 Å². The maximum Gasteiger partial charge on any atom is 0.255 e. The van der Waals surface area contributed by atoms with Gasteiger partial charge in [-0.1, -0.05) is 17.7 Å². The SMILES string of the molecule is COc1ccc(C)cc1NC(=O)c1ccc(Cl)c(S(=O)(=O)NC[C@@H]2CCCO2)c1. The van der Waals surface area contributed by atoms with E-state index in [4.69, 9.17) is 21.1 Å². The molecule has 2 aromatic rings. The standard InChI is InChI=1S/C20H23ClN2O5S/c1-13-5-8-18(27-2)17(10-13)23-20(24)14-6-7-16(21)19(11-14)29(25,26)22-12-15-4-3-9-28-15/h5-8,10-11,15,22H,3-4,9,12H2,1-2H3,(H,23,24)/t15-/m0/s1. The summed E-state index contributed by atoms with van der Waals surface area (Å²) in [6, 6.07) is 9.51. The van der Waals surface area contributed by atoms with Crippen LogP contribution >= 0.6 is 11.6 Å². The molecule has 1 aliphatic heterocycles. The van der Waals surface area contributed by atoms with Gasteiger partial charge in [0.05, 0.1) is 23.9 Å². The zero-order valence-corrected chi connectivity index (χ0v) is 17.8. The molecular weight excluding hydrogens is 416 g/mol. The fraction of sp³-hybridized carbons (Fsp3) is 0.350. The lowest BCUT2D eigenvalue weighted by Gasteiger charge is -2.14. The van der Waals surface area contributed by atoms with Gasteiger partial charge < -0.3 is 14.8 Å². The Morgan fingerprint density at radius 2 is 2.07 bits per heavy atom. The predicted octanol–water partition coefficient (Wildman–Crippen LogP) is 3.37. The van der Waals surface area contributed by atoms with E-state index in [1.54, 1.807) is 12.1 Å². The Morgan fingerprint density at radius 3 is 2.76 bits per heavy atom. The van der Waals surface area contributed by atoms with Crippen molar-refractivity contribution in [2.24, 2.45) is 0 Å². The zero-order valence-electron chi connectivity index (χ0n) is 16.2. The molecule has 0 aromatic heterocycles. The Balaban J connectivity index is 1.80. The molecule has 0 unspecified atom stereocenters. The van der Waals surface area contributed by atoms with Crippen molar-refractivity contribution >= 4 is 33.2 Å². The number of methoxy groups -OCH3 is 1. The quantitative estimate of drug-likeness (QED) is 0.691. The molecule has 2 N–H and O–H groups in total. The lowest BCUT2D eigenvalue weighted by molar-refractivity contribution is 0.102. The van der Waals surface area contributed by atoms with Crippen LogP contribution in [0.3, 0.4) is 0 Å². The molecule has 0 bridgehead atoms. The molecular formula is C20H23ClN2O5S. The van der Waals surface area contributed by atoms with Gasteiger partial charge in [-0.25, -0.2) is 13.1 Å². The van der Waals surface area contributed by atoms with E-state index in [2.05, 4.69) is 10.0 Å². The van der Waals surface area contributed by atoms with Gasteiger partial charge >= 0.3 is 0 Å². The molecule has 3 rings (SSSR count). The number of hydrogen-bond acceptors (Lipinski definition) is 5. The second-order valence-corrected chi connectivity index (χ2v) is 8.93. The first-order valence-corrected chi connectivity index (χ1v) is 11.0. The molecule has 2 aromatic carbocycles. The van der Waals surface area contributed by atoms with Crippen LogP contribution < -0.4 is 14.8 Å². The maximum absolute atomic E-state index is 12.7. The number of carbonyl (C=O) groups excluding carboxylic acids is 1. The molecule has 1 amide bonds. The molecule has 1 heterocycles. The number of sulfonamides is 1. The van der Waals surface area contributed by atoms with E-state index >= 15 is 0 Å². The number of nitrogens with one attached hydrogen (secondary N) is 2. The highest BCUT2D eigenvalue weighted by molar-refractivity contribution is 7.89. The Kier molecular flexibility index (Phi) is 6.79. The smallest absolute Gasteiger partial charge is 0.255 e. The van der Waals surface area contributed by atoms with Crippen LogP contribution in [0, 0.1) is 6.92 Å². The van der Waals surface area contributed by atoms with E-state index in [0.717, 1.165) is 18.4 Å². The number of aryl methyl sites for hydroxylation is 1. The maximum atomic E-state index is 12.7. The molecule has 1 saturated heterocycles. The molecule has 0 aliphatic carbocycles. The molecule has 1 atom stereocenters. The molecule has 29 heavy (non-hydrogen) atoms. The first-order valence-electron chi connectivity index (χ1n) is 9.17. The second-order valence-electron chi connectivity index (χ2n) is 6.79. The van der Waals surface area contributed by atoms with Crippen LogP contribution in [0.15, 0.2) is 41.3 Å². The van der Waals surface area contributed by atoms with Crippen LogP contribution in [0.4, 0.5) is 5.69 Å². The second kappa shape index (κ2) is 9.13. The molecule has 1 fully saturated rings. The summed E-state index contributed by atoms with van der Waals surface area (Å²) < 4.78 is 38.6. The monoisotopic (exact) mass is 438 g/mol. The van der Waals surface area contributed by atoms with Crippen molar-refractivity contribution < 1.29 is 22.7 Å². The van der Waals surface area contributed by atoms with Gasteiger partial charge in [0.15, 0.2) is 0 Å². The minimum absolute atomic E-state index is 0.0366.